The zero-order valence-corrected chi connectivity index (χ0v) is 17.3. The van der Waals surface area contributed by atoms with Gasteiger partial charge in [-0.25, -0.2) is 4.98 Å². The SMILES string of the molecule is COc1ccccc1OCC(=O)N1CC2CN(c3nc4ccccc4n3C)CC2C1. The Morgan fingerprint density at radius 1 is 1.00 bits per heavy atom. The van der Waals surface area contributed by atoms with Gasteiger partial charge in [0.05, 0.1) is 18.1 Å². The number of carbonyl (C=O) groups is 1. The number of carbonyl (C=O) groups excluding carboxylic acids is 1. The lowest BCUT2D eigenvalue weighted by molar-refractivity contribution is -0.132. The molecule has 0 spiro atoms. The molecule has 30 heavy (non-hydrogen) atoms. The number of aromatic nitrogens is 2. The highest BCUT2D eigenvalue weighted by Gasteiger charge is 2.42. The fourth-order valence-corrected chi connectivity index (χ4v) is 4.74. The number of amides is 1. The average Bonchev–Trinajstić information content (AvgIpc) is 3.44. The summed E-state index contributed by atoms with van der Waals surface area (Å²) >= 11 is 0. The minimum atomic E-state index is 0.0320. The number of anilines is 1. The van der Waals surface area contributed by atoms with Crippen molar-refractivity contribution >= 4 is 22.9 Å². The van der Waals surface area contributed by atoms with E-state index in [1.807, 2.05) is 41.3 Å². The van der Waals surface area contributed by atoms with Gasteiger partial charge >= 0.3 is 0 Å². The highest BCUT2D eigenvalue weighted by molar-refractivity contribution is 5.79. The molecule has 2 aromatic carbocycles. The first-order valence-corrected chi connectivity index (χ1v) is 10.3. The number of ether oxygens (including phenoxy) is 2. The van der Waals surface area contributed by atoms with Gasteiger partial charge < -0.3 is 23.8 Å². The van der Waals surface area contributed by atoms with E-state index in [2.05, 4.69) is 28.6 Å². The fraction of sp³-hybridized carbons (Fsp3) is 0.391. The zero-order chi connectivity index (χ0) is 20.7. The third-order valence-electron chi connectivity index (χ3n) is 6.31. The summed E-state index contributed by atoms with van der Waals surface area (Å²) < 4.78 is 13.2. The summed E-state index contributed by atoms with van der Waals surface area (Å²) in [5.74, 6) is 3.23. The van der Waals surface area contributed by atoms with Crippen molar-refractivity contribution in [1.82, 2.24) is 14.5 Å². The Balaban J connectivity index is 1.20. The van der Waals surface area contributed by atoms with Crippen molar-refractivity contribution < 1.29 is 14.3 Å². The van der Waals surface area contributed by atoms with E-state index in [1.54, 1.807) is 7.11 Å². The summed E-state index contributed by atoms with van der Waals surface area (Å²) in [5, 5.41) is 0. The van der Waals surface area contributed by atoms with Crippen LogP contribution in [0.5, 0.6) is 11.5 Å². The van der Waals surface area contributed by atoms with E-state index in [0.717, 1.165) is 43.2 Å². The van der Waals surface area contributed by atoms with E-state index in [0.29, 0.717) is 23.3 Å². The number of hydrogen-bond donors (Lipinski definition) is 0. The largest absolute Gasteiger partial charge is 0.493 e. The molecular formula is C23H26N4O3. The number of nitrogens with zero attached hydrogens (tertiary/aromatic N) is 4. The Morgan fingerprint density at radius 3 is 2.37 bits per heavy atom. The number of rotatable bonds is 5. The molecule has 7 heteroatoms. The molecule has 0 N–H and O–H groups in total. The molecule has 0 aliphatic carbocycles. The van der Waals surface area contributed by atoms with Gasteiger partial charge in [0.25, 0.3) is 5.91 Å². The fourth-order valence-electron chi connectivity index (χ4n) is 4.74. The average molecular weight is 406 g/mol. The lowest BCUT2D eigenvalue weighted by atomic mass is 10.0. The van der Waals surface area contributed by atoms with Crippen LogP contribution in [0, 0.1) is 11.8 Å². The Bertz CT molecular complexity index is 1070. The van der Waals surface area contributed by atoms with Crippen LogP contribution in [0.25, 0.3) is 11.0 Å². The van der Waals surface area contributed by atoms with Gasteiger partial charge in [-0.2, -0.15) is 0 Å². The molecule has 5 rings (SSSR count). The van der Waals surface area contributed by atoms with Crippen molar-refractivity contribution in [3.8, 4) is 11.5 Å². The summed E-state index contributed by atoms with van der Waals surface area (Å²) in [6.45, 7) is 3.45. The lowest BCUT2D eigenvalue weighted by Crippen LogP contribution is -2.36. The first-order valence-electron chi connectivity index (χ1n) is 10.3. The van der Waals surface area contributed by atoms with E-state index in [-0.39, 0.29) is 12.5 Å². The van der Waals surface area contributed by atoms with Crippen LogP contribution in [0.2, 0.25) is 0 Å². The second kappa shape index (κ2) is 7.55. The van der Waals surface area contributed by atoms with Crippen LogP contribution >= 0.6 is 0 Å². The summed E-state index contributed by atoms with van der Waals surface area (Å²) in [7, 11) is 3.67. The summed E-state index contributed by atoms with van der Waals surface area (Å²) in [5.41, 5.74) is 2.17. The number of benzene rings is 2. The van der Waals surface area contributed by atoms with Crippen molar-refractivity contribution in [3.05, 3.63) is 48.5 Å². The standard InChI is InChI=1S/C23H26N4O3/c1-25-19-8-4-3-7-18(19)24-23(25)27-13-16-11-26(12-17(16)14-27)22(28)15-30-21-10-6-5-9-20(21)29-2/h3-10,16-17H,11-15H2,1-2H3. The van der Waals surface area contributed by atoms with Gasteiger partial charge in [-0.05, 0) is 24.3 Å². The molecule has 156 valence electrons. The van der Waals surface area contributed by atoms with Crippen molar-refractivity contribution in [3.63, 3.8) is 0 Å². The molecule has 2 fully saturated rings. The molecule has 2 unspecified atom stereocenters. The summed E-state index contributed by atoms with van der Waals surface area (Å²) in [6, 6.07) is 15.6. The lowest BCUT2D eigenvalue weighted by Gasteiger charge is -2.22. The topological polar surface area (TPSA) is 59.8 Å². The number of methoxy groups -OCH3 is 1. The first kappa shape index (κ1) is 18.8. The number of fused-ring (bicyclic) bond motifs is 2. The van der Waals surface area contributed by atoms with Crippen molar-refractivity contribution in [2.24, 2.45) is 18.9 Å². The highest BCUT2D eigenvalue weighted by Crippen LogP contribution is 2.34. The Morgan fingerprint density at radius 2 is 1.67 bits per heavy atom. The van der Waals surface area contributed by atoms with Crippen LogP contribution in [0.15, 0.2) is 48.5 Å². The van der Waals surface area contributed by atoms with Crippen LogP contribution in [0.3, 0.4) is 0 Å². The number of hydrogen-bond acceptors (Lipinski definition) is 5. The predicted molar refractivity (Wildman–Crippen MR) is 115 cm³/mol. The van der Waals surface area contributed by atoms with Crippen LogP contribution in [0.4, 0.5) is 5.95 Å². The molecule has 2 atom stereocenters. The van der Waals surface area contributed by atoms with Gasteiger partial charge in [-0.1, -0.05) is 24.3 Å². The maximum absolute atomic E-state index is 12.7. The van der Waals surface area contributed by atoms with Gasteiger partial charge in [0.1, 0.15) is 0 Å². The van der Waals surface area contributed by atoms with E-state index >= 15 is 0 Å². The van der Waals surface area contributed by atoms with Gasteiger partial charge in [0.15, 0.2) is 18.1 Å². The molecule has 3 heterocycles. The van der Waals surface area contributed by atoms with Crippen LogP contribution in [-0.2, 0) is 11.8 Å². The molecule has 7 nitrogen and oxygen atoms in total. The molecular weight excluding hydrogens is 380 g/mol. The molecule has 3 aromatic rings. The zero-order valence-electron chi connectivity index (χ0n) is 17.3. The molecule has 1 amide bonds. The minimum absolute atomic E-state index is 0.0320. The molecule has 0 saturated carbocycles. The minimum Gasteiger partial charge on any atom is -0.493 e. The normalized spacial score (nSPS) is 20.6. The van der Waals surface area contributed by atoms with Crippen LogP contribution in [-0.4, -0.2) is 60.3 Å². The van der Waals surface area contributed by atoms with Gasteiger partial charge in [0.2, 0.25) is 5.95 Å². The Labute approximate surface area is 175 Å². The van der Waals surface area contributed by atoms with Crippen LogP contribution in [0.1, 0.15) is 0 Å². The van der Waals surface area contributed by atoms with Gasteiger partial charge in [0, 0.05) is 45.1 Å². The number of aryl methyl sites for hydroxylation is 1. The molecule has 2 saturated heterocycles. The third-order valence-corrected chi connectivity index (χ3v) is 6.31. The second-order valence-electron chi connectivity index (χ2n) is 8.12. The molecule has 0 radical (unpaired) electrons. The molecule has 2 aliphatic heterocycles. The Hall–Kier alpha value is -3.22. The predicted octanol–water partition coefficient (Wildman–Crippen LogP) is 2.56. The smallest absolute Gasteiger partial charge is 0.260 e. The van der Waals surface area contributed by atoms with Crippen molar-refractivity contribution in [2.45, 2.75) is 0 Å². The molecule has 2 aliphatic rings. The molecule has 0 bridgehead atoms. The number of para-hydroxylation sites is 4. The quantitative estimate of drug-likeness (QED) is 0.652. The van der Waals surface area contributed by atoms with Gasteiger partial charge in [-0.15, -0.1) is 0 Å². The van der Waals surface area contributed by atoms with E-state index in [4.69, 9.17) is 14.5 Å². The van der Waals surface area contributed by atoms with E-state index < -0.39 is 0 Å². The highest BCUT2D eigenvalue weighted by atomic mass is 16.5. The maximum Gasteiger partial charge on any atom is 0.260 e. The first-order chi connectivity index (χ1) is 14.6. The third kappa shape index (κ3) is 3.24. The van der Waals surface area contributed by atoms with Gasteiger partial charge in [-0.3, -0.25) is 4.79 Å². The second-order valence-corrected chi connectivity index (χ2v) is 8.12. The summed E-state index contributed by atoms with van der Waals surface area (Å²) in [6.07, 6.45) is 0. The summed E-state index contributed by atoms with van der Waals surface area (Å²) in [4.78, 5) is 21.8. The Kier molecular flexibility index (Phi) is 4.73. The number of imidazole rings is 1. The van der Waals surface area contributed by atoms with Crippen molar-refractivity contribution in [2.75, 3.05) is 44.8 Å². The van der Waals surface area contributed by atoms with Crippen LogP contribution < -0.4 is 14.4 Å². The van der Waals surface area contributed by atoms with E-state index in [1.165, 1.54) is 0 Å². The molecule has 1 aromatic heterocycles. The van der Waals surface area contributed by atoms with E-state index in [9.17, 15) is 4.79 Å². The maximum atomic E-state index is 12.7. The monoisotopic (exact) mass is 406 g/mol. The number of likely N-dealkylation sites (tertiary alicyclic amines) is 1. The van der Waals surface area contributed by atoms with Crippen molar-refractivity contribution in [1.29, 1.82) is 0 Å².